The minimum absolute atomic E-state index is 0.143. The number of nitrogens with zero attached hydrogens (tertiary/aromatic N) is 3. The number of amides is 2. The number of rotatable bonds is 3. The summed E-state index contributed by atoms with van der Waals surface area (Å²) in [6.45, 7) is 2.34. The summed E-state index contributed by atoms with van der Waals surface area (Å²) in [5, 5.41) is 6.32. The van der Waals surface area contributed by atoms with Crippen molar-refractivity contribution >= 4 is 23.3 Å². The number of para-hydroxylation sites is 1. The zero-order valence-corrected chi connectivity index (χ0v) is 14.1. The van der Waals surface area contributed by atoms with Gasteiger partial charge in [0, 0.05) is 18.3 Å². The van der Waals surface area contributed by atoms with Crippen molar-refractivity contribution in [2.24, 2.45) is 0 Å². The van der Waals surface area contributed by atoms with Crippen LogP contribution in [-0.4, -0.2) is 28.5 Å². The van der Waals surface area contributed by atoms with Crippen LogP contribution in [0.5, 0.6) is 0 Å². The van der Waals surface area contributed by atoms with Crippen molar-refractivity contribution in [3.63, 3.8) is 0 Å². The van der Waals surface area contributed by atoms with Crippen LogP contribution in [0.3, 0.4) is 0 Å². The van der Waals surface area contributed by atoms with Gasteiger partial charge in [0.05, 0.1) is 0 Å². The normalized spacial score (nSPS) is 12.7. The van der Waals surface area contributed by atoms with Crippen molar-refractivity contribution in [1.29, 1.82) is 0 Å². The van der Waals surface area contributed by atoms with E-state index in [1.807, 2.05) is 24.3 Å². The van der Waals surface area contributed by atoms with Gasteiger partial charge in [-0.05, 0) is 37.1 Å². The largest absolute Gasteiger partial charge is 0.360 e. The summed E-state index contributed by atoms with van der Waals surface area (Å²) in [5.74, 6) is 0.223. The van der Waals surface area contributed by atoms with Gasteiger partial charge in [0.25, 0.3) is 11.8 Å². The number of hydrogen-bond donors (Lipinski definition) is 1. The Labute approximate surface area is 149 Å². The molecule has 3 heterocycles. The topological polar surface area (TPSA) is 88.3 Å². The van der Waals surface area contributed by atoms with E-state index in [1.54, 1.807) is 36.1 Å². The van der Waals surface area contributed by atoms with Gasteiger partial charge in [0.2, 0.25) is 0 Å². The number of carbonyl (C=O) groups is 2. The fourth-order valence-electron chi connectivity index (χ4n) is 2.97. The van der Waals surface area contributed by atoms with E-state index in [0.29, 0.717) is 18.1 Å². The van der Waals surface area contributed by atoms with Crippen LogP contribution < -0.4 is 10.2 Å². The van der Waals surface area contributed by atoms with Gasteiger partial charge in [0.15, 0.2) is 5.82 Å². The van der Waals surface area contributed by atoms with Crippen LogP contribution in [0.25, 0.3) is 0 Å². The molecule has 0 bridgehead atoms. The maximum atomic E-state index is 12.9. The number of aromatic nitrogens is 2. The monoisotopic (exact) mass is 348 g/mol. The molecular formula is C19H16N4O3. The SMILES string of the molecule is Cc1cc(NC(=O)c2cccc(C(=O)N3CCc4ccccc43)n2)no1. The molecule has 4 rings (SSSR count). The molecular weight excluding hydrogens is 332 g/mol. The first-order chi connectivity index (χ1) is 12.6. The highest BCUT2D eigenvalue weighted by Gasteiger charge is 2.26. The molecule has 0 fully saturated rings. The van der Waals surface area contributed by atoms with Gasteiger partial charge in [-0.1, -0.05) is 29.4 Å². The highest BCUT2D eigenvalue weighted by Crippen LogP contribution is 2.28. The molecule has 0 spiro atoms. The minimum atomic E-state index is -0.449. The second-order valence-corrected chi connectivity index (χ2v) is 6.02. The molecule has 0 unspecified atom stereocenters. The van der Waals surface area contributed by atoms with Crippen molar-refractivity contribution in [1.82, 2.24) is 10.1 Å². The fourth-order valence-corrected chi connectivity index (χ4v) is 2.97. The summed E-state index contributed by atoms with van der Waals surface area (Å²) < 4.78 is 4.92. The van der Waals surface area contributed by atoms with E-state index in [0.717, 1.165) is 17.7 Å². The zero-order valence-electron chi connectivity index (χ0n) is 14.1. The van der Waals surface area contributed by atoms with Gasteiger partial charge in [-0.3, -0.25) is 9.59 Å². The van der Waals surface area contributed by atoms with Gasteiger partial charge in [-0.15, -0.1) is 0 Å². The number of aryl methyl sites for hydroxylation is 1. The smallest absolute Gasteiger partial charge is 0.276 e. The summed E-state index contributed by atoms with van der Waals surface area (Å²) in [6.07, 6.45) is 0.813. The molecule has 3 aromatic rings. The van der Waals surface area contributed by atoms with Crippen LogP contribution in [0.2, 0.25) is 0 Å². The third-order valence-corrected chi connectivity index (χ3v) is 4.20. The predicted octanol–water partition coefficient (Wildman–Crippen LogP) is 2.83. The Morgan fingerprint density at radius 3 is 2.73 bits per heavy atom. The highest BCUT2D eigenvalue weighted by molar-refractivity contribution is 6.07. The van der Waals surface area contributed by atoms with Crippen LogP contribution in [0.1, 0.15) is 32.3 Å². The molecule has 1 aromatic carbocycles. The average molecular weight is 348 g/mol. The molecule has 0 aliphatic carbocycles. The minimum Gasteiger partial charge on any atom is -0.360 e. The number of fused-ring (bicyclic) bond motifs is 1. The molecule has 2 amide bonds. The Morgan fingerprint density at radius 2 is 1.92 bits per heavy atom. The van der Waals surface area contributed by atoms with Gasteiger partial charge >= 0.3 is 0 Å². The summed E-state index contributed by atoms with van der Waals surface area (Å²) in [6, 6.07) is 14.2. The van der Waals surface area contributed by atoms with E-state index in [4.69, 9.17) is 4.52 Å². The van der Waals surface area contributed by atoms with Crippen LogP contribution >= 0.6 is 0 Å². The van der Waals surface area contributed by atoms with Crippen LogP contribution in [0.4, 0.5) is 11.5 Å². The third kappa shape index (κ3) is 2.95. The fraction of sp³-hybridized carbons (Fsp3) is 0.158. The van der Waals surface area contributed by atoms with Gasteiger partial charge < -0.3 is 14.7 Å². The first kappa shape index (κ1) is 16.0. The molecule has 2 aromatic heterocycles. The maximum absolute atomic E-state index is 12.9. The van der Waals surface area contributed by atoms with E-state index in [1.165, 1.54) is 0 Å². The first-order valence-electron chi connectivity index (χ1n) is 8.23. The Hall–Kier alpha value is -3.48. The molecule has 26 heavy (non-hydrogen) atoms. The summed E-state index contributed by atoms with van der Waals surface area (Å²) in [7, 11) is 0. The van der Waals surface area contributed by atoms with E-state index < -0.39 is 5.91 Å². The predicted molar refractivity (Wildman–Crippen MR) is 95.3 cm³/mol. The second kappa shape index (κ2) is 6.44. The highest BCUT2D eigenvalue weighted by atomic mass is 16.5. The molecule has 1 aliphatic heterocycles. The lowest BCUT2D eigenvalue weighted by atomic mass is 10.2. The summed E-state index contributed by atoms with van der Waals surface area (Å²) in [5.41, 5.74) is 2.40. The molecule has 0 saturated carbocycles. The quantitative estimate of drug-likeness (QED) is 0.786. The van der Waals surface area contributed by atoms with E-state index >= 15 is 0 Å². The average Bonchev–Trinajstić information content (AvgIpc) is 3.27. The Balaban J connectivity index is 1.56. The van der Waals surface area contributed by atoms with Crippen LogP contribution in [0, 0.1) is 6.92 Å². The van der Waals surface area contributed by atoms with Gasteiger partial charge in [-0.25, -0.2) is 4.98 Å². The molecule has 0 radical (unpaired) electrons. The number of anilines is 2. The molecule has 130 valence electrons. The van der Waals surface area contributed by atoms with Crippen LogP contribution in [0.15, 0.2) is 53.1 Å². The molecule has 0 saturated heterocycles. The molecule has 1 aliphatic rings. The lowest BCUT2D eigenvalue weighted by Gasteiger charge is -2.17. The van der Waals surface area contributed by atoms with E-state index in [2.05, 4.69) is 15.5 Å². The first-order valence-corrected chi connectivity index (χ1v) is 8.23. The lowest BCUT2D eigenvalue weighted by molar-refractivity contribution is 0.0984. The van der Waals surface area contributed by atoms with Crippen molar-refractivity contribution in [3.8, 4) is 0 Å². The van der Waals surface area contributed by atoms with Gasteiger partial charge in [0.1, 0.15) is 17.1 Å². The zero-order chi connectivity index (χ0) is 18.1. The molecule has 0 atom stereocenters. The van der Waals surface area contributed by atoms with Crippen molar-refractivity contribution < 1.29 is 14.1 Å². The Bertz CT molecular complexity index is 996. The third-order valence-electron chi connectivity index (χ3n) is 4.20. The lowest BCUT2D eigenvalue weighted by Crippen LogP contribution is -2.30. The van der Waals surface area contributed by atoms with Crippen molar-refractivity contribution in [3.05, 3.63) is 71.2 Å². The number of carbonyl (C=O) groups excluding carboxylic acids is 2. The molecule has 7 heteroatoms. The summed E-state index contributed by atoms with van der Waals surface area (Å²) >= 11 is 0. The van der Waals surface area contributed by atoms with Gasteiger partial charge in [-0.2, -0.15) is 0 Å². The number of pyridine rings is 1. The second-order valence-electron chi connectivity index (χ2n) is 6.02. The Morgan fingerprint density at radius 1 is 1.12 bits per heavy atom. The van der Waals surface area contributed by atoms with Crippen molar-refractivity contribution in [2.45, 2.75) is 13.3 Å². The van der Waals surface area contributed by atoms with E-state index in [9.17, 15) is 9.59 Å². The standard InChI is InChI=1S/C19H16N4O3/c1-12-11-17(22-26-12)21-18(24)14-6-4-7-15(20-14)19(25)23-10-9-13-5-2-3-8-16(13)23/h2-8,11H,9-10H2,1H3,(H,21,22,24). The molecule has 7 nitrogen and oxygen atoms in total. The summed E-state index contributed by atoms with van der Waals surface area (Å²) in [4.78, 5) is 31.1. The van der Waals surface area contributed by atoms with Crippen molar-refractivity contribution in [2.75, 3.05) is 16.8 Å². The Kier molecular flexibility index (Phi) is 3.96. The van der Waals surface area contributed by atoms with Crippen LogP contribution in [-0.2, 0) is 6.42 Å². The number of benzene rings is 1. The maximum Gasteiger partial charge on any atom is 0.276 e. The number of nitrogens with one attached hydrogen (secondary N) is 1. The van der Waals surface area contributed by atoms with E-state index in [-0.39, 0.29) is 17.3 Å². The molecule has 1 N–H and O–H groups in total. The number of hydrogen-bond acceptors (Lipinski definition) is 5.